The van der Waals surface area contributed by atoms with Crippen LogP contribution in [0.2, 0.25) is 0 Å². The molecule has 2 heterocycles. The number of carbonyl (C=O) groups is 1. The highest BCUT2D eigenvalue weighted by Gasteiger charge is 2.21. The van der Waals surface area contributed by atoms with E-state index in [1.807, 2.05) is 26.1 Å². The van der Waals surface area contributed by atoms with Crippen molar-refractivity contribution in [2.45, 2.75) is 19.8 Å². The minimum absolute atomic E-state index is 0.175. The average molecular weight is 273 g/mol. The van der Waals surface area contributed by atoms with Crippen LogP contribution >= 0.6 is 11.3 Å². The van der Waals surface area contributed by atoms with Crippen LogP contribution in [0.25, 0.3) is 11.3 Å². The number of aromatic nitrogens is 1. The van der Waals surface area contributed by atoms with Gasteiger partial charge < -0.3 is 10.6 Å². The molecule has 0 saturated heterocycles. The summed E-state index contributed by atoms with van der Waals surface area (Å²) in [6.07, 6.45) is 1.37. The molecule has 1 aromatic carbocycles. The number of nitrogen functional groups attached to an aromatic ring is 1. The molecule has 1 aromatic heterocycles. The molecule has 0 fully saturated rings. The molecule has 5 heteroatoms. The third kappa shape index (κ3) is 2.00. The highest BCUT2D eigenvalue weighted by molar-refractivity contribution is 7.15. The number of hydrogen-bond acceptors (Lipinski definition) is 4. The van der Waals surface area contributed by atoms with Crippen molar-refractivity contribution in [3.8, 4) is 11.3 Å². The van der Waals surface area contributed by atoms with Crippen LogP contribution in [0.4, 0.5) is 10.8 Å². The SMILES string of the molecule is Cc1sc(N)nc1-c1ccc2c(c1)CCC(=O)N2C. The molecule has 1 amide bonds. The van der Waals surface area contributed by atoms with Crippen LogP contribution in [0.1, 0.15) is 16.9 Å². The van der Waals surface area contributed by atoms with E-state index in [0.717, 1.165) is 28.2 Å². The Labute approximate surface area is 115 Å². The summed E-state index contributed by atoms with van der Waals surface area (Å²) in [7, 11) is 1.83. The van der Waals surface area contributed by atoms with E-state index in [0.29, 0.717) is 11.6 Å². The van der Waals surface area contributed by atoms with E-state index in [9.17, 15) is 4.79 Å². The fraction of sp³-hybridized carbons (Fsp3) is 0.286. The molecule has 1 aliphatic rings. The summed E-state index contributed by atoms with van der Waals surface area (Å²) in [5.74, 6) is 0.175. The molecule has 3 rings (SSSR count). The molecular weight excluding hydrogens is 258 g/mol. The lowest BCUT2D eigenvalue weighted by atomic mass is 9.98. The first kappa shape index (κ1) is 12.2. The molecular formula is C14H15N3OS. The minimum Gasteiger partial charge on any atom is -0.375 e. The third-order valence-corrected chi connectivity index (χ3v) is 4.31. The van der Waals surface area contributed by atoms with Crippen molar-refractivity contribution >= 4 is 28.1 Å². The molecule has 0 radical (unpaired) electrons. The van der Waals surface area contributed by atoms with Gasteiger partial charge in [-0.15, -0.1) is 11.3 Å². The first-order valence-corrected chi connectivity index (χ1v) is 7.00. The normalized spacial score (nSPS) is 14.6. The monoisotopic (exact) mass is 273 g/mol. The molecule has 98 valence electrons. The van der Waals surface area contributed by atoms with Crippen LogP contribution in [-0.2, 0) is 11.2 Å². The molecule has 4 nitrogen and oxygen atoms in total. The molecule has 19 heavy (non-hydrogen) atoms. The van der Waals surface area contributed by atoms with E-state index in [1.165, 1.54) is 16.9 Å². The summed E-state index contributed by atoms with van der Waals surface area (Å²) in [6, 6.07) is 6.13. The van der Waals surface area contributed by atoms with Gasteiger partial charge in [0.25, 0.3) is 0 Å². The van der Waals surface area contributed by atoms with Gasteiger partial charge in [-0.25, -0.2) is 4.98 Å². The smallest absolute Gasteiger partial charge is 0.227 e. The highest BCUT2D eigenvalue weighted by Crippen LogP contribution is 2.34. The van der Waals surface area contributed by atoms with Crippen molar-refractivity contribution in [2.24, 2.45) is 0 Å². The van der Waals surface area contributed by atoms with Gasteiger partial charge in [-0.1, -0.05) is 6.07 Å². The lowest BCUT2D eigenvalue weighted by Gasteiger charge is -2.26. The minimum atomic E-state index is 0.175. The van der Waals surface area contributed by atoms with E-state index in [2.05, 4.69) is 11.1 Å². The molecule has 0 bridgehead atoms. The van der Waals surface area contributed by atoms with Crippen LogP contribution in [0.5, 0.6) is 0 Å². The Kier molecular flexibility index (Phi) is 2.78. The van der Waals surface area contributed by atoms with Gasteiger partial charge >= 0.3 is 0 Å². The molecule has 2 aromatic rings. The van der Waals surface area contributed by atoms with Crippen LogP contribution in [0.3, 0.4) is 0 Å². The second kappa shape index (κ2) is 4.35. The maximum Gasteiger partial charge on any atom is 0.227 e. The number of amides is 1. The van der Waals surface area contributed by atoms with Crippen molar-refractivity contribution in [1.82, 2.24) is 4.98 Å². The molecule has 0 unspecified atom stereocenters. The number of nitrogens with zero attached hydrogens (tertiary/aromatic N) is 2. The van der Waals surface area contributed by atoms with Crippen LogP contribution in [-0.4, -0.2) is 17.9 Å². The molecule has 0 aliphatic carbocycles. The van der Waals surface area contributed by atoms with Crippen molar-refractivity contribution < 1.29 is 4.79 Å². The van der Waals surface area contributed by atoms with Gasteiger partial charge in [0, 0.05) is 29.6 Å². The summed E-state index contributed by atoms with van der Waals surface area (Å²) in [4.78, 5) is 18.9. The lowest BCUT2D eigenvalue weighted by molar-refractivity contribution is -0.118. The number of nitrogens with two attached hydrogens (primary N) is 1. The van der Waals surface area contributed by atoms with Gasteiger partial charge in [0.1, 0.15) is 0 Å². The predicted octanol–water partition coefficient (Wildman–Crippen LogP) is 2.61. The van der Waals surface area contributed by atoms with E-state index in [4.69, 9.17) is 5.73 Å². The third-order valence-electron chi connectivity index (χ3n) is 3.51. The van der Waals surface area contributed by atoms with Crippen LogP contribution in [0, 0.1) is 6.92 Å². The largest absolute Gasteiger partial charge is 0.375 e. The Morgan fingerprint density at radius 2 is 2.16 bits per heavy atom. The zero-order valence-corrected chi connectivity index (χ0v) is 11.8. The zero-order chi connectivity index (χ0) is 13.6. The first-order chi connectivity index (χ1) is 9.06. The average Bonchev–Trinajstić information content (AvgIpc) is 2.73. The molecule has 0 spiro atoms. The number of aryl methyl sites for hydroxylation is 2. The van der Waals surface area contributed by atoms with Crippen LogP contribution in [0.15, 0.2) is 18.2 Å². The van der Waals surface area contributed by atoms with Crippen molar-refractivity contribution in [3.63, 3.8) is 0 Å². The molecule has 1 aliphatic heterocycles. The molecule has 0 saturated carbocycles. The standard InChI is InChI=1S/C14H15N3OS/c1-8-13(16-14(15)19-8)10-3-5-11-9(7-10)4-6-12(18)17(11)2/h3,5,7H,4,6H2,1-2H3,(H2,15,16). The maximum absolute atomic E-state index is 11.7. The number of carbonyl (C=O) groups excluding carboxylic acids is 1. The van der Waals surface area contributed by atoms with Gasteiger partial charge in [-0.2, -0.15) is 0 Å². The quantitative estimate of drug-likeness (QED) is 0.869. The fourth-order valence-electron chi connectivity index (χ4n) is 2.49. The second-order valence-electron chi connectivity index (χ2n) is 4.75. The summed E-state index contributed by atoms with van der Waals surface area (Å²) in [5.41, 5.74) is 9.97. The van der Waals surface area contributed by atoms with E-state index in [-0.39, 0.29) is 5.91 Å². The Balaban J connectivity index is 2.07. The summed E-state index contributed by atoms with van der Waals surface area (Å²) < 4.78 is 0. The van der Waals surface area contributed by atoms with Crippen LogP contribution < -0.4 is 10.6 Å². The number of anilines is 2. The van der Waals surface area contributed by atoms with E-state index in [1.54, 1.807) is 4.90 Å². The van der Waals surface area contributed by atoms with Crippen molar-refractivity contribution in [3.05, 3.63) is 28.6 Å². The van der Waals surface area contributed by atoms with Gasteiger partial charge in [-0.05, 0) is 31.0 Å². The van der Waals surface area contributed by atoms with Gasteiger partial charge in [0.15, 0.2) is 5.13 Å². The lowest BCUT2D eigenvalue weighted by Crippen LogP contribution is -2.30. The number of hydrogen-bond donors (Lipinski definition) is 1. The Bertz CT molecular complexity index is 663. The molecule has 0 atom stereocenters. The van der Waals surface area contributed by atoms with Gasteiger partial charge in [0.2, 0.25) is 5.91 Å². The number of benzene rings is 1. The topological polar surface area (TPSA) is 59.2 Å². The number of fused-ring (bicyclic) bond motifs is 1. The Morgan fingerprint density at radius 1 is 1.37 bits per heavy atom. The second-order valence-corrected chi connectivity index (χ2v) is 5.99. The van der Waals surface area contributed by atoms with E-state index >= 15 is 0 Å². The summed E-state index contributed by atoms with van der Waals surface area (Å²) in [5, 5.41) is 0.595. The predicted molar refractivity (Wildman–Crippen MR) is 78.4 cm³/mol. The summed E-state index contributed by atoms with van der Waals surface area (Å²) in [6.45, 7) is 2.03. The highest BCUT2D eigenvalue weighted by atomic mass is 32.1. The Morgan fingerprint density at radius 3 is 2.84 bits per heavy atom. The fourth-order valence-corrected chi connectivity index (χ4v) is 3.20. The number of rotatable bonds is 1. The molecule has 2 N–H and O–H groups in total. The maximum atomic E-state index is 11.7. The van der Waals surface area contributed by atoms with Gasteiger partial charge in [-0.3, -0.25) is 4.79 Å². The van der Waals surface area contributed by atoms with Crippen molar-refractivity contribution in [1.29, 1.82) is 0 Å². The number of thiazole rings is 1. The Hall–Kier alpha value is -1.88. The van der Waals surface area contributed by atoms with Crippen molar-refractivity contribution in [2.75, 3.05) is 17.7 Å². The first-order valence-electron chi connectivity index (χ1n) is 6.19. The van der Waals surface area contributed by atoms with Gasteiger partial charge in [0.05, 0.1) is 5.69 Å². The van der Waals surface area contributed by atoms with E-state index < -0.39 is 0 Å². The summed E-state index contributed by atoms with van der Waals surface area (Å²) >= 11 is 1.50. The zero-order valence-electron chi connectivity index (χ0n) is 10.9.